The van der Waals surface area contributed by atoms with Gasteiger partial charge in [0.15, 0.2) is 11.7 Å². The van der Waals surface area contributed by atoms with Gasteiger partial charge in [0.2, 0.25) is 0 Å². The molecule has 4 nitrogen and oxygen atoms in total. The van der Waals surface area contributed by atoms with Crippen LogP contribution in [0.2, 0.25) is 0 Å². The Bertz CT molecular complexity index is 1220. The number of halogens is 2. The van der Waals surface area contributed by atoms with E-state index in [9.17, 15) is 13.6 Å². The predicted molar refractivity (Wildman–Crippen MR) is 116 cm³/mol. The molecule has 3 heterocycles. The number of hydrogen-bond acceptors (Lipinski definition) is 2. The van der Waals surface area contributed by atoms with Crippen molar-refractivity contribution in [2.75, 3.05) is 0 Å². The second kappa shape index (κ2) is 7.58. The first-order valence-corrected chi connectivity index (χ1v) is 10.0. The van der Waals surface area contributed by atoms with Gasteiger partial charge in [-0.2, -0.15) is 0 Å². The topological polar surface area (TPSA) is 45.5 Å². The van der Waals surface area contributed by atoms with Crippen molar-refractivity contribution in [3.63, 3.8) is 0 Å². The first-order chi connectivity index (χ1) is 15.0. The van der Waals surface area contributed by atoms with E-state index in [1.54, 1.807) is 13.6 Å². The van der Waals surface area contributed by atoms with Crippen molar-refractivity contribution in [2.24, 2.45) is 0 Å². The summed E-state index contributed by atoms with van der Waals surface area (Å²) in [7, 11) is 1.68. The summed E-state index contributed by atoms with van der Waals surface area (Å²) in [5.41, 5.74) is 4.60. The molecule has 2 aromatic carbocycles. The highest BCUT2D eigenvalue weighted by Crippen LogP contribution is 2.43. The van der Waals surface area contributed by atoms with Crippen LogP contribution in [0.5, 0.6) is 0 Å². The Morgan fingerprint density at radius 1 is 1.00 bits per heavy atom. The third-order valence-corrected chi connectivity index (χ3v) is 5.72. The van der Waals surface area contributed by atoms with Gasteiger partial charge in [0.05, 0.1) is 11.7 Å². The maximum atomic E-state index is 14.8. The van der Waals surface area contributed by atoms with Crippen molar-refractivity contribution in [1.82, 2.24) is 9.29 Å². The molecule has 2 aliphatic heterocycles. The maximum Gasteiger partial charge on any atom is 0.397 e. The second-order valence-electron chi connectivity index (χ2n) is 7.59. The quantitative estimate of drug-likeness (QED) is 0.579. The molecule has 1 radical (unpaired) electrons. The third-order valence-electron chi connectivity index (χ3n) is 5.72. The standard InChI is InChI=1S/C24H18BF2N2O2/c26-23-18(11-12-22(30)31)28-21(24(23)27)14-20-17(15-7-3-1-4-8-15)13-19(29(20)25-28)16-9-5-2-6-10-16/h1-10,13-14,18H,11-12H2,(H,30,31). The second-order valence-corrected chi connectivity index (χ2v) is 7.59. The highest BCUT2D eigenvalue weighted by Gasteiger charge is 2.41. The Balaban J connectivity index is 1.66. The fourth-order valence-corrected chi connectivity index (χ4v) is 4.22. The molecule has 0 saturated heterocycles. The van der Waals surface area contributed by atoms with Crippen molar-refractivity contribution in [3.05, 3.63) is 89.8 Å². The van der Waals surface area contributed by atoms with E-state index in [1.807, 2.05) is 71.2 Å². The summed E-state index contributed by atoms with van der Waals surface area (Å²) < 4.78 is 31.4. The zero-order valence-electron chi connectivity index (χ0n) is 16.5. The van der Waals surface area contributed by atoms with Gasteiger partial charge in [-0.15, -0.1) is 0 Å². The fraction of sp³-hybridized carbons (Fsp3) is 0.125. The van der Waals surface area contributed by atoms with Crippen LogP contribution >= 0.6 is 0 Å². The number of allylic oxidation sites excluding steroid dienone is 1. The van der Waals surface area contributed by atoms with Crippen LogP contribution in [0.25, 0.3) is 28.5 Å². The lowest BCUT2D eigenvalue weighted by Gasteiger charge is -2.31. The number of hydrogen-bond donors (Lipinski definition) is 1. The summed E-state index contributed by atoms with van der Waals surface area (Å²) in [6.45, 7) is 0. The third kappa shape index (κ3) is 3.26. The van der Waals surface area contributed by atoms with Crippen LogP contribution in [-0.2, 0) is 4.79 Å². The number of rotatable bonds is 5. The van der Waals surface area contributed by atoms with Gasteiger partial charge in [0.1, 0.15) is 0 Å². The van der Waals surface area contributed by atoms with Crippen LogP contribution in [0.15, 0.2) is 84.1 Å². The lowest BCUT2D eigenvalue weighted by Crippen LogP contribution is -2.40. The number of benzene rings is 2. The highest BCUT2D eigenvalue weighted by molar-refractivity contribution is 6.34. The van der Waals surface area contributed by atoms with E-state index in [0.29, 0.717) is 0 Å². The van der Waals surface area contributed by atoms with Crippen LogP contribution in [0.3, 0.4) is 0 Å². The van der Waals surface area contributed by atoms with Crippen molar-refractivity contribution in [1.29, 1.82) is 0 Å². The molecule has 0 amide bonds. The smallest absolute Gasteiger partial charge is 0.397 e. The molecule has 1 atom stereocenters. The Kier molecular flexibility index (Phi) is 4.73. The monoisotopic (exact) mass is 415 g/mol. The van der Waals surface area contributed by atoms with Crippen LogP contribution in [0.1, 0.15) is 18.5 Å². The lowest BCUT2D eigenvalue weighted by atomic mass is 9.95. The van der Waals surface area contributed by atoms with E-state index in [2.05, 4.69) is 0 Å². The number of carbonyl (C=O) groups is 1. The molecule has 1 aromatic heterocycles. The lowest BCUT2D eigenvalue weighted by molar-refractivity contribution is -0.137. The molecule has 3 aromatic rings. The van der Waals surface area contributed by atoms with Crippen LogP contribution in [-0.4, -0.2) is 34.0 Å². The minimum Gasteiger partial charge on any atom is -0.481 e. The average molecular weight is 415 g/mol. The van der Waals surface area contributed by atoms with Crippen molar-refractivity contribution in [2.45, 2.75) is 18.9 Å². The Morgan fingerprint density at radius 3 is 2.29 bits per heavy atom. The number of aromatic nitrogens is 1. The van der Waals surface area contributed by atoms with Gasteiger partial charge < -0.3 is 14.4 Å². The molecular weight excluding hydrogens is 397 g/mol. The molecule has 5 rings (SSSR count). The van der Waals surface area contributed by atoms with Crippen molar-refractivity contribution in [3.8, 4) is 22.4 Å². The number of carboxylic acid groups (broad SMARTS) is 1. The van der Waals surface area contributed by atoms with E-state index in [0.717, 1.165) is 28.1 Å². The van der Waals surface area contributed by atoms with Gasteiger partial charge in [-0.25, -0.2) is 8.78 Å². The molecule has 0 bridgehead atoms. The van der Waals surface area contributed by atoms with Gasteiger partial charge in [0, 0.05) is 23.4 Å². The molecule has 153 valence electrons. The van der Waals surface area contributed by atoms with E-state index >= 15 is 0 Å². The summed E-state index contributed by atoms with van der Waals surface area (Å²) >= 11 is 0. The summed E-state index contributed by atoms with van der Waals surface area (Å²) in [6, 6.07) is 20.6. The molecule has 1 unspecified atom stereocenters. The highest BCUT2D eigenvalue weighted by atomic mass is 19.2. The Morgan fingerprint density at radius 2 is 1.65 bits per heavy atom. The molecule has 7 heteroatoms. The summed E-state index contributed by atoms with van der Waals surface area (Å²) in [4.78, 5) is 12.5. The van der Waals surface area contributed by atoms with Gasteiger partial charge in [0.25, 0.3) is 0 Å². The minimum atomic E-state index is -1.04. The summed E-state index contributed by atoms with van der Waals surface area (Å²) in [6.07, 6.45) is 1.37. The van der Waals surface area contributed by atoms with E-state index in [-0.39, 0.29) is 18.5 Å². The largest absolute Gasteiger partial charge is 0.481 e. The van der Waals surface area contributed by atoms with Gasteiger partial charge in [-0.3, -0.25) is 4.79 Å². The van der Waals surface area contributed by atoms with Crippen molar-refractivity contribution < 1.29 is 18.7 Å². The first kappa shape index (κ1) is 19.4. The Hall–Kier alpha value is -3.61. The van der Waals surface area contributed by atoms with E-state index in [1.165, 1.54) is 4.81 Å². The molecule has 1 N–H and O–H groups in total. The number of carboxylic acids is 1. The SMILES string of the molecule is O=C(O)CCC1C(F)=C(F)C2=Cc3c(-c4ccccc4)cc(-c4ccccc4)n3[B]N21. The number of fused-ring (bicyclic) bond motifs is 2. The normalized spacial score (nSPS) is 17.2. The predicted octanol–water partition coefficient (Wildman–Crippen LogP) is 5.26. The average Bonchev–Trinajstić information content (AvgIpc) is 3.27. The van der Waals surface area contributed by atoms with Crippen LogP contribution in [0.4, 0.5) is 8.78 Å². The summed E-state index contributed by atoms with van der Waals surface area (Å²) in [5, 5.41) is 9.02. The zero-order chi connectivity index (χ0) is 21.5. The first-order valence-electron chi connectivity index (χ1n) is 10.0. The van der Waals surface area contributed by atoms with E-state index < -0.39 is 23.7 Å². The van der Waals surface area contributed by atoms with Gasteiger partial charge in [-0.1, -0.05) is 60.7 Å². The fourth-order valence-electron chi connectivity index (χ4n) is 4.22. The Labute approximate surface area is 179 Å². The molecule has 31 heavy (non-hydrogen) atoms. The minimum absolute atomic E-state index is 0.0226. The molecular formula is C24H18BF2N2O2. The van der Waals surface area contributed by atoms with Crippen LogP contribution < -0.4 is 0 Å². The van der Waals surface area contributed by atoms with Crippen LogP contribution in [0, 0.1) is 0 Å². The van der Waals surface area contributed by atoms with Crippen molar-refractivity contribution >= 4 is 19.6 Å². The van der Waals surface area contributed by atoms with Gasteiger partial charge in [-0.05, 0) is 29.7 Å². The molecule has 0 fully saturated rings. The number of aliphatic carboxylic acids is 1. The zero-order valence-corrected chi connectivity index (χ0v) is 16.5. The molecule has 0 saturated carbocycles. The number of nitrogens with zero attached hydrogens (tertiary/aromatic N) is 2. The van der Waals surface area contributed by atoms with E-state index in [4.69, 9.17) is 5.11 Å². The molecule has 0 spiro atoms. The maximum absolute atomic E-state index is 14.8. The molecule has 0 aliphatic carbocycles. The van der Waals surface area contributed by atoms with Gasteiger partial charge >= 0.3 is 13.5 Å². The molecule has 2 aliphatic rings. The summed E-state index contributed by atoms with van der Waals surface area (Å²) in [5.74, 6) is -2.89.